The number of carbonyl (C=O) groups is 3. The van der Waals surface area contributed by atoms with Crippen molar-refractivity contribution in [3.05, 3.63) is 0 Å². The van der Waals surface area contributed by atoms with Crippen molar-refractivity contribution in [1.82, 2.24) is 10.2 Å². The predicted molar refractivity (Wildman–Crippen MR) is 57.1 cm³/mol. The molecule has 1 fully saturated rings. The Hall–Kier alpha value is -2.10. The minimum atomic E-state index is -0.788. The second-order valence-electron chi connectivity index (χ2n) is 3.81. The van der Waals surface area contributed by atoms with E-state index in [0.29, 0.717) is 25.9 Å². The third kappa shape index (κ3) is 3.45. The number of likely N-dealkylation sites (tertiary alicyclic amines) is 1. The molecule has 0 atom stereocenters. The molecule has 1 rings (SSSR count). The van der Waals surface area contributed by atoms with Crippen molar-refractivity contribution in [3.8, 4) is 6.07 Å². The lowest BCUT2D eigenvalue weighted by Gasteiger charge is -2.29. The van der Waals surface area contributed by atoms with Crippen molar-refractivity contribution in [2.45, 2.75) is 12.8 Å². The molecule has 17 heavy (non-hydrogen) atoms. The molecule has 3 amide bonds. The van der Waals surface area contributed by atoms with Crippen LogP contribution in [0.3, 0.4) is 0 Å². The Labute approximate surface area is 98.5 Å². The highest BCUT2D eigenvalue weighted by atomic mass is 16.2. The van der Waals surface area contributed by atoms with Crippen LogP contribution in [0.4, 0.5) is 0 Å². The maximum Gasteiger partial charge on any atom is 0.311 e. The highest BCUT2D eigenvalue weighted by Gasteiger charge is 2.28. The van der Waals surface area contributed by atoms with E-state index < -0.39 is 11.8 Å². The first-order valence-corrected chi connectivity index (χ1v) is 5.29. The van der Waals surface area contributed by atoms with Crippen LogP contribution in [0.5, 0.6) is 0 Å². The fourth-order valence-corrected chi connectivity index (χ4v) is 1.71. The summed E-state index contributed by atoms with van der Waals surface area (Å²) in [6.45, 7) is 0.487. The molecule has 92 valence electrons. The van der Waals surface area contributed by atoms with E-state index in [2.05, 4.69) is 5.32 Å². The van der Waals surface area contributed by atoms with E-state index >= 15 is 0 Å². The first-order chi connectivity index (χ1) is 8.06. The Kier molecular flexibility index (Phi) is 4.46. The third-order valence-electron chi connectivity index (χ3n) is 2.71. The zero-order valence-corrected chi connectivity index (χ0v) is 9.31. The molecule has 0 aromatic heterocycles. The van der Waals surface area contributed by atoms with E-state index in [-0.39, 0.29) is 18.4 Å². The molecule has 7 nitrogen and oxygen atoms in total. The number of nitriles is 1. The van der Waals surface area contributed by atoms with Gasteiger partial charge in [-0.2, -0.15) is 5.26 Å². The minimum absolute atomic E-state index is 0.192. The van der Waals surface area contributed by atoms with Gasteiger partial charge in [0.1, 0.15) is 6.54 Å². The number of nitrogens with zero attached hydrogens (tertiary/aromatic N) is 2. The summed E-state index contributed by atoms with van der Waals surface area (Å²) in [4.78, 5) is 35.1. The average molecular weight is 238 g/mol. The number of amides is 3. The van der Waals surface area contributed by atoms with Crippen molar-refractivity contribution < 1.29 is 14.4 Å². The van der Waals surface area contributed by atoms with Crippen LogP contribution in [0, 0.1) is 17.2 Å². The van der Waals surface area contributed by atoms with Gasteiger partial charge in [-0.05, 0) is 12.8 Å². The molecular formula is C10H14N4O3. The molecule has 0 unspecified atom stereocenters. The summed E-state index contributed by atoms with van der Waals surface area (Å²) >= 11 is 0. The Balaban J connectivity index is 2.43. The van der Waals surface area contributed by atoms with Gasteiger partial charge in [-0.3, -0.25) is 14.4 Å². The van der Waals surface area contributed by atoms with E-state index in [1.807, 2.05) is 0 Å². The number of primary amides is 1. The van der Waals surface area contributed by atoms with Crippen LogP contribution in [0.15, 0.2) is 0 Å². The van der Waals surface area contributed by atoms with Crippen LogP contribution in [0.1, 0.15) is 12.8 Å². The van der Waals surface area contributed by atoms with Gasteiger partial charge in [0, 0.05) is 19.0 Å². The minimum Gasteiger partial charge on any atom is -0.369 e. The van der Waals surface area contributed by atoms with Gasteiger partial charge < -0.3 is 16.0 Å². The van der Waals surface area contributed by atoms with Crippen molar-refractivity contribution in [2.24, 2.45) is 11.7 Å². The van der Waals surface area contributed by atoms with Gasteiger partial charge in [-0.25, -0.2) is 0 Å². The second kappa shape index (κ2) is 5.84. The zero-order chi connectivity index (χ0) is 12.8. The molecule has 1 heterocycles. The SMILES string of the molecule is N#CCNC(=O)C(=O)N1CCC(C(N)=O)CC1. The van der Waals surface area contributed by atoms with Gasteiger partial charge in [0.25, 0.3) is 0 Å². The summed E-state index contributed by atoms with van der Waals surface area (Å²) in [5.74, 6) is -2.04. The van der Waals surface area contributed by atoms with Crippen molar-refractivity contribution >= 4 is 17.7 Å². The summed E-state index contributed by atoms with van der Waals surface area (Å²) in [6, 6.07) is 1.71. The Morgan fingerprint density at radius 1 is 1.35 bits per heavy atom. The molecule has 1 saturated heterocycles. The first-order valence-electron chi connectivity index (χ1n) is 5.29. The summed E-state index contributed by atoms with van der Waals surface area (Å²) in [5.41, 5.74) is 5.16. The van der Waals surface area contributed by atoms with Crippen LogP contribution in [0.2, 0.25) is 0 Å². The summed E-state index contributed by atoms with van der Waals surface area (Å²) < 4.78 is 0. The van der Waals surface area contributed by atoms with Gasteiger partial charge in [0.15, 0.2) is 0 Å². The van der Waals surface area contributed by atoms with Gasteiger partial charge in [0.05, 0.1) is 6.07 Å². The van der Waals surface area contributed by atoms with E-state index in [1.165, 1.54) is 4.90 Å². The molecule has 0 radical (unpaired) electrons. The maximum absolute atomic E-state index is 11.6. The zero-order valence-electron chi connectivity index (χ0n) is 9.31. The molecule has 0 spiro atoms. The lowest BCUT2D eigenvalue weighted by Crippen LogP contribution is -2.47. The molecule has 3 N–H and O–H groups in total. The normalized spacial score (nSPS) is 16.1. The van der Waals surface area contributed by atoms with E-state index in [1.54, 1.807) is 6.07 Å². The van der Waals surface area contributed by atoms with Crippen LogP contribution in [0.25, 0.3) is 0 Å². The Bertz CT molecular complexity index is 366. The van der Waals surface area contributed by atoms with Gasteiger partial charge in [0.2, 0.25) is 5.91 Å². The smallest absolute Gasteiger partial charge is 0.311 e. The number of nitrogens with one attached hydrogen (secondary N) is 1. The van der Waals surface area contributed by atoms with Gasteiger partial charge in [-0.1, -0.05) is 0 Å². The van der Waals surface area contributed by atoms with Crippen LogP contribution < -0.4 is 11.1 Å². The number of hydrogen-bond acceptors (Lipinski definition) is 4. The Morgan fingerprint density at radius 3 is 2.41 bits per heavy atom. The topological polar surface area (TPSA) is 116 Å². The second-order valence-corrected chi connectivity index (χ2v) is 3.81. The maximum atomic E-state index is 11.6. The summed E-state index contributed by atoms with van der Waals surface area (Å²) in [5, 5.41) is 10.4. The number of carbonyl (C=O) groups excluding carboxylic acids is 3. The Morgan fingerprint density at radius 2 is 1.94 bits per heavy atom. The van der Waals surface area contributed by atoms with Gasteiger partial charge >= 0.3 is 11.8 Å². The molecule has 1 aliphatic rings. The van der Waals surface area contributed by atoms with Crippen LogP contribution in [-0.2, 0) is 14.4 Å². The molecule has 0 bridgehead atoms. The third-order valence-corrected chi connectivity index (χ3v) is 2.71. The standard InChI is InChI=1S/C10H14N4O3/c11-3-4-13-9(16)10(17)14-5-1-7(2-6-14)8(12)15/h7H,1-2,4-6H2,(H2,12,15)(H,13,16). The number of nitrogens with two attached hydrogens (primary N) is 1. The van der Waals surface area contributed by atoms with Crippen LogP contribution in [-0.4, -0.2) is 42.3 Å². The first kappa shape index (κ1) is 13.0. The molecular weight excluding hydrogens is 224 g/mol. The fourth-order valence-electron chi connectivity index (χ4n) is 1.71. The van der Waals surface area contributed by atoms with Gasteiger partial charge in [-0.15, -0.1) is 0 Å². The number of piperidine rings is 1. The average Bonchev–Trinajstić information content (AvgIpc) is 2.35. The van der Waals surface area contributed by atoms with E-state index in [9.17, 15) is 14.4 Å². The lowest BCUT2D eigenvalue weighted by molar-refractivity contribution is -0.147. The fraction of sp³-hybridized carbons (Fsp3) is 0.600. The van der Waals surface area contributed by atoms with Crippen LogP contribution >= 0.6 is 0 Å². The summed E-state index contributed by atoms with van der Waals surface area (Å²) in [6.07, 6.45) is 0.958. The molecule has 0 aromatic rings. The summed E-state index contributed by atoms with van der Waals surface area (Å²) in [7, 11) is 0. The number of rotatable bonds is 2. The monoisotopic (exact) mass is 238 g/mol. The number of hydrogen-bond donors (Lipinski definition) is 2. The van der Waals surface area contributed by atoms with Crippen molar-refractivity contribution in [2.75, 3.05) is 19.6 Å². The highest BCUT2D eigenvalue weighted by Crippen LogP contribution is 2.16. The van der Waals surface area contributed by atoms with Crippen molar-refractivity contribution in [1.29, 1.82) is 5.26 Å². The molecule has 7 heteroatoms. The predicted octanol–water partition coefficient (Wildman–Crippen LogP) is -1.65. The van der Waals surface area contributed by atoms with E-state index in [4.69, 9.17) is 11.0 Å². The molecule has 0 saturated carbocycles. The quantitative estimate of drug-likeness (QED) is 0.442. The highest BCUT2D eigenvalue weighted by molar-refractivity contribution is 6.35. The van der Waals surface area contributed by atoms with Crippen molar-refractivity contribution in [3.63, 3.8) is 0 Å². The molecule has 1 aliphatic heterocycles. The van der Waals surface area contributed by atoms with E-state index in [0.717, 1.165) is 0 Å². The molecule has 0 aliphatic carbocycles. The largest absolute Gasteiger partial charge is 0.369 e. The molecule has 0 aromatic carbocycles. The lowest BCUT2D eigenvalue weighted by atomic mass is 9.96.